The molecular formula is C21H24BrNO5. The molecule has 0 aliphatic carbocycles. The fourth-order valence-corrected chi connectivity index (χ4v) is 3.50. The van der Waals surface area contributed by atoms with Crippen molar-refractivity contribution < 1.29 is 23.7 Å². The molecule has 0 N–H and O–H groups in total. The maximum absolute atomic E-state index is 12.9. The third-order valence-electron chi connectivity index (χ3n) is 4.30. The number of benzene rings is 2. The normalized spacial score (nSPS) is 12.4. The minimum absolute atomic E-state index is 0.115. The van der Waals surface area contributed by atoms with Crippen molar-refractivity contribution in [3.63, 3.8) is 0 Å². The van der Waals surface area contributed by atoms with Crippen molar-refractivity contribution in [3.05, 3.63) is 45.9 Å². The summed E-state index contributed by atoms with van der Waals surface area (Å²) in [7, 11) is 3.33. The van der Waals surface area contributed by atoms with Crippen molar-refractivity contribution in [1.82, 2.24) is 4.90 Å². The Kier molecular flexibility index (Phi) is 6.67. The molecule has 0 atom stereocenters. The summed E-state index contributed by atoms with van der Waals surface area (Å²) < 4.78 is 23.0. The van der Waals surface area contributed by atoms with Crippen LogP contribution in [0.1, 0.15) is 29.3 Å². The van der Waals surface area contributed by atoms with E-state index < -0.39 is 0 Å². The fraction of sp³-hybridized carbons (Fsp3) is 0.381. The van der Waals surface area contributed by atoms with E-state index in [9.17, 15) is 4.79 Å². The summed E-state index contributed by atoms with van der Waals surface area (Å²) in [5, 5.41) is 0. The van der Waals surface area contributed by atoms with Crippen LogP contribution in [0.4, 0.5) is 0 Å². The Balaban J connectivity index is 1.76. The molecule has 3 rings (SSSR count). The van der Waals surface area contributed by atoms with Gasteiger partial charge in [-0.15, -0.1) is 0 Å². The number of carbonyl (C=O) groups excluding carboxylic acids is 1. The van der Waals surface area contributed by atoms with Crippen LogP contribution < -0.4 is 18.9 Å². The first-order chi connectivity index (χ1) is 13.5. The van der Waals surface area contributed by atoms with E-state index in [1.54, 1.807) is 31.2 Å². The molecule has 2 aromatic rings. The second-order valence-electron chi connectivity index (χ2n) is 6.48. The predicted octanol–water partition coefficient (Wildman–Crippen LogP) is 4.29. The summed E-state index contributed by atoms with van der Waals surface area (Å²) >= 11 is 3.49. The maximum Gasteiger partial charge on any atom is 0.254 e. The van der Waals surface area contributed by atoms with Crippen molar-refractivity contribution >= 4 is 21.8 Å². The largest absolute Gasteiger partial charge is 0.493 e. The van der Waals surface area contributed by atoms with Gasteiger partial charge in [0.15, 0.2) is 23.0 Å². The smallest absolute Gasteiger partial charge is 0.254 e. The summed E-state index contributed by atoms with van der Waals surface area (Å²) in [4.78, 5) is 14.6. The number of carbonyl (C=O) groups is 1. The third kappa shape index (κ3) is 4.52. The fourth-order valence-electron chi connectivity index (χ4n) is 2.94. The lowest BCUT2D eigenvalue weighted by molar-refractivity contribution is 0.0784. The molecule has 0 aromatic heterocycles. The van der Waals surface area contributed by atoms with Crippen LogP contribution in [-0.4, -0.2) is 44.8 Å². The first-order valence-corrected chi connectivity index (χ1v) is 9.97. The van der Waals surface area contributed by atoms with Crippen LogP contribution in [0.2, 0.25) is 0 Å². The number of hydrogen-bond donors (Lipinski definition) is 0. The van der Waals surface area contributed by atoms with Crippen LogP contribution in [0.3, 0.4) is 0 Å². The highest BCUT2D eigenvalue weighted by molar-refractivity contribution is 9.10. The first kappa shape index (κ1) is 20.3. The van der Waals surface area contributed by atoms with Crippen molar-refractivity contribution in [2.24, 2.45) is 0 Å². The molecule has 1 heterocycles. The molecular weight excluding hydrogens is 426 g/mol. The van der Waals surface area contributed by atoms with Gasteiger partial charge in [-0.1, -0.05) is 13.0 Å². The zero-order valence-electron chi connectivity index (χ0n) is 16.3. The Hall–Kier alpha value is -2.41. The Bertz CT molecular complexity index is 855. The van der Waals surface area contributed by atoms with Gasteiger partial charge in [0.05, 0.1) is 18.2 Å². The molecule has 0 bridgehead atoms. The number of amides is 1. The van der Waals surface area contributed by atoms with Gasteiger partial charge in [0.1, 0.15) is 13.2 Å². The summed E-state index contributed by atoms with van der Waals surface area (Å²) in [5.74, 6) is 2.47. The summed E-state index contributed by atoms with van der Waals surface area (Å²) in [6, 6.07) is 9.20. The quantitative estimate of drug-likeness (QED) is 0.630. The van der Waals surface area contributed by atoms with Gasteiger partial charge in [-0.2, -0.15) is 0 Å². The van der Waals surface area contributed by atoms with E-state index in [0.717, 1.165) is 17.7 Å². The van der Waals surface area contributed by atoms with Crippen molar-refractivity contribution in [1.29, 1.82) is 0 Å². The van der Waals surface area contributed by atoms with E-state index in [4.69, 9.17) is 18.9 Å². The van der Waals surface area contributed by atoms with Crippen molar-refractivity contribution in [2.75, 3.05) is 34.0 Å². The lowest BCUT2D eigenvalue weighted by atomic mass is 10.1. The molecule has 1 amide bonds. The van der Waals surface area contributed by atoms with Crippen molar-refractivity contribution in [3.8, 4) is 23.0 Å². The molecule has 0 unspecified atom stereocenters. The number of halogens is 1. The van der Waals surface area contributed by atoms with Crippen LogP contribution in [0.5, 0.6) is 23.0 Å². The van der Waals surface area contributed by atoms with Crippen LogP contribution in [0.25, 0.3) is 0 Å². The average molecular weight is 450 g/mol. The zero-order chi connectivity index (χ0) is 20.1. The van der Waals surface area contributed by atoms with Gasteiger partial charge in [0, 0.05) is 19.2 Å². The van der Waals surface area contributed by atoms with E-state index in [0.29, 0.717) is 53.7 Å². The first-order valence-electron chi connectivity index (χ1n) is 9.17. The standard InChI is InChI=1S/C21H24BrNO5/c1-4-7-28-20-16(22)11-15(12-19(20)25-3)21(24)23(2)13-14-5-6-17-18(10-14)27-9-8-26-17/h5-6,10-12H,4,7-9,13H2,1-3H3. The van der Waals surface area contributed by atoms with E-state index in [1.165, 1.54) is 0 Å². The molecule has 0 saturated heterocycles. The number of hydrogen-bond acceptors (Lipinski definition) is 5. The van der Waals surface area contributed by atoms with Crippen LogP contribution in [0, 0.1) is 0 Å². The zero-order valence-corrected chi connectivity index (χ0v) is 17.9. The minimum Gasteiger partial charge on any atom is -0.493 e. The topological polar surface area (TPSA) is 57.2 Å². The van der Waals surface area contributed by atoms with E-state index in [2.05, 4.69) is 15.9 Å². The number of fused-ring (bicyclic) bond motifs is 1. The van der Waals surface area contributed by atoms with E-state index >= 15 is 0 Å². The highest BCUT2D eigenvalue weighted by Crippen LogP contribution is 2.37. The third-order valence-corrected chi connectivity index (χ3v) is 4.89. The molecule has 1 aliphatic heterocycles. The highest BCUT2D eigenvalue weighted by atomic mass is 79.9. The molecule has 28 heavy (non-hydrogen) atoms. The summed E-state index contributed by atoms with van der Waals surface area (Å²) in [6.07, 6.45) is 0.883. The van der Waals surface area contributed by atoms with Gasteiger partial charge in [-0.25, -0.2) is 0 Å². The van der Waals surface area contributed by atoms with E-state index in [-0.39, 0.29) is 5.91 Å². The Labute approximate surface area is 173 Å². The van der Waals surface area contributed by atoms with Gasteiger partial charge in [-0.3, -0.25) is 4.79 Å². The van der Waals surface area contributed by atoms with Crippen molar-refractivity contribution in [2.45, 2.75) is 19.9 Å². The van der Waals surface area contributed by atoms with Gasteiger partial charge in [0.25, 0.3) is 5.91 Å². The lowest BCUT2D eigenvalue weighted by Crippen LogP contribution is -2.26. The average Bonchev–Trinajstić information content (AvgIpc) is 2.71. The molecule has 0 radical (unpaired) electrons. The maximum atomic E-state index is 12.9. The van der Waals surface area contributed by atoms with Gasteiger partial charge >= 0.3 is 0 Å². The molecule has 0 saturated carbocycles. The van der Waals surface area contributed by atoms with Crippen LogP contribution in [0.15, 0.2) is 34.8 Å². The van der Waals surface area contributed by atoms with Gasteiger partial charge < -0.3 is 23.8 Å². The predicted molar refractivity (Wildman–Crippen MR) is 110 cm³/mol. The van der Waals surface area contributed by atoms with E-state index in [1.807, 2.05) is 25.1 Å². The molecule has 2 aromatic carbocycles. The summed E-state index contributed by atoms with van der Waals surface area (Å²) in [5.41, 5.74) is 1.49. The highest BCUT2D eigenvalue weighted by Gasteiger charge is 2.19. The minimum atomic E-state index is -0.115. The molecule has 0 spiro atoms. The monoisotopic (exact) mass is 449 g/mol. The molecule has 0 fully saturated rings. The number of methoxy groups -OCH3 is 1. The second kappa shape index (κ2) is 9.19. The Morgan fingerprint density at radius 3 is 2.64 bits per heavy atom. The Morgan fingerprint density at radius 2 is 1.93 bits per heavy atom. The Morgan fingerprint density at radius 1 is 1.18 bits per heavy atom. The lowest BCUT2D eigenvalue weighted by Gasteiger charge is -2.22. The molecule has 1 aliphatic rings. The number of nitrogens with zero attached hydrogens (tertiary/aromatic N) is 1. The molecule has 6 nitrogen and oxygen atoms in total. The number of ether oxygens (including phenoxy) is 4. The molecule has 150 valence electrons. The summed E-state index contributed by atoms with van der Waals surface area (Å²) in [6.45, 7) is 4.14. The van der Waals surface area contributed by atoms with Crippen LogP contribution >= 0.6 is 15.9 Å². The molecule has 7 heteroatoms. The van der Waals surface area contributed by atoms with Crippen LogP contribution in [-0.2, 0) is 6.54 Å². The number of rotatable bonds is 7. The SMILES string of the molecule is CCCOc1c(Br)cc(C(=O)N(C)Cc2ccc3c(c2)OCCO3)cc1OC. The second-order valence-corrected chi connectivity index (χ2v) is 7.33. The van der Waals surface area contributed by atoms with Gasteiger partial charge in [-0.05, 0) is 52.2 Å². The van der Waals surface area contributed by atoms with Gasteiger partial charge in [0.2, 0.25) is 0 Å².